The van der Waals surface area contributed by atoms with Crippen molar-refractivity contribution in [2.24, 2.45) is 5.41 Å². The standard InChI is InChI=1S/C25H31N3O4/c1-25(2,3)15-23(29)26-19-10-11-21(27(4)5)18(14-19)16-28(17-20-8-6-12-31-20)24(30)22-9-7-13-32-22/h6-14H,15-17H2,1-5H3,(H,26,29). The summed E-state index contributed by atoms with van der Waals surface area (Å²) < 4.78 is 10.8. The Labute approximate surface area is 189 Å². The van der Waals surface area contributed by atoms with Crippen molar-refractivity contribution in [2.75, 3.05) is 24.3 Å². The van der Waals surface area contributed by atoms with E-state index in [9.17, 15) is 9.59 Å². The molecule has 3 aromatic rings. The first-order valence-corrected chi connectivity index (χ1v) is 10.6. The zero-order chi connectivity index (χ0) is 23.3. The number of hydrogen-bond acceptors (Lipinski definition) is 5. The van der Waals surface area contributed by atoms with Gasteiger partial charge in [0.1, 0.15) is 5.76 Å². The van der Waals surface area contributed by atoms with E-state index < -0.39 is 0 Å². The third-order valence-electron chi connectivity index (χ3n) is 4.84. The lowest BCUT2D eigenvalue weighted by Gasteiger charge is -2.25. The minimum atomic E-state index is -0.238. The van der Waals surface area contributed by atoms with Crippen LogP contribution in [0.5, 0.6) is 0 Å². The number of nitrogens with one attached hydrogen (secondary N) is 1. The van der Waals surface area contributed by atoms with Crippen LogP contribution in [-0.4, -0.2) is 30.8 Å². The number of benzene rings is 1. The lowest BCUT2D eigenvalue weighted by Crippen LogP contribution is -2.30. The summed E-state index contributed by atoms with van der Waals surface area (Å²) in [6.45, 7) is 6.69. The molecule has 0 unspecified atom stereocenters. The Hall–Kier alpha value is -3.48. The van der Waals surface area contributed by atoms with Gasteiger partial charge in [0.05, 0.1) is 19.1 Å². The fourth-order valence-corrected chi connectivity index (χ4v) is 3.46. The lowest BCUT2D eigenvalue weighted by atomic mass is 9.92. The summed E-state index contributed by atoms with van der Waals surface area (Å²) in [6, 6.07) is 12.7. The van der Waals surface area contributed by atoms with Gasteiger partial charge in [-0.15, -0.1) is 0 Å². The smallest absolute Gasteiger partial charge is 0.290 e. The number of anilines is 2. The third kappa shape index (κ3) is 6.26. The molecule has 0 aliphatic heterocycles. The maximum Gasteiger partial charge on any atom is 0.290 e. The summed E-state index contributed by atoms with van der Waals surface area (Å²) >= 11 is 0. The van der Waals surface area contributed by atoms with Gasteiger partial charge in [0, 0.05) is 38.4 Å². The average molecular weight is 438 g/mol. The summed E-state index contributed by atoms with van der Waals surface area (Å²) in [5.74, 6) is 0.655. The van der Waals surface area contributed by atoms with E-state index in [2.05, 4.69) is 5.32 Å². The summed E-state index contributed by atoms with van der Waals surface area (Å²) in [6.07, 6.45) is 3.48. The Morgan fingerprint density at radius 1 is 0.969 bits per heavy atom. The van der Waals surface area contributed by atoms with Crippen molar-refractivity contribution >= 4 is 23.2 Å². The SMILES string of the molecule is CN(C)c1ccc(NC(=O)CC(C)(C)C)cc1CN(Cc1ccco1)C(=O)c1ccco1. The molecule has 2 aromatic heterocycles. The predicted octanol–water partition coefficient (Wildman–Crippen LogP) is 5.16. The van der Waals surface area contributed by atoms with Crippen LogP contribution in [0.4, 0.5) is 11.4 Å². The average Bonchev–Trinajstić information content (AvgIpc) is 3.39. The molecule has 0 saturated heterocycles. The van der Waals surface area contributed by atoms with Crippen molar-refractivity contribution in [3.8, 4) is 0 Å². The normalized spacial score (nSPS) is 11.3. The number of carbonyl (C=O) groups is 2. The highest BCUT2D eigenvalue weighted by Gasteiger charge is 2.22. The van der Waals surface area contributed by atoms with Crippen LogP contribution >= 0.6 is 0 Å². The molecule has 0 spiro atoms. The number of rotatable bonds is 8. The van der Waals surface area contributed by atoms with Crippen molar-refractivity contribution in [3.63, 3.8) is 0 Å². The molecule has 1 aromatic carbocycles. The molecule has 3 rings (SSSR count). The summed E-state index contributed by atoms with van der Waals surface area (Å²) in [5, 5.41) is 2.98. The molecular weight excluding hydrogens is 406 g/mol. The number of amides is 2. The minimum absolute atomic E-state index is 0.0415. The van der Waals surface area contributed by atoms with Crippen LogP contribution in [0.25, 0.3) is 0 Å². The van der Waals surface area contributed by atoms with Crippen molar-refractivity contribution in [2.45, 2.75) is 40.3 Å². The van der Waals surface area contributed by atoms with E-state index >= 15 is 0 Å². The zero-order valence-corrected chi connectivity index (χ0v) is 19.3. The monoisotopic (exact) mass is 437 g/mol. The quantitative estimate of drug-likeness (QED) is 0.527. The highest BCUT2D eigenvalue weighted by molar-refractivity contribution is 5.92. The molecule has 0 radical (unpaired) electrons. The first kappa shape index (κ1) is 23.2. The van der Waals surface area contributed by atoms with E-state index in [1.807, 2.05) is 64.0 Å². The molecular formula is C25H31N3O4. The molecule has 32 heavy (non-hydrogen) atoms. The second-order valence-electron chi connectivity index (χ2n) is 9.24. The van der Waals surface area contributed by atoms with Crippen molar-refractivity contribution in [1.82, 2.24) is 4.90 Å². The van der Waals surface area contributed by atoms with Gasteiger partial charge in [-0.3, -0.25) is 9.59 Å². The van der Waals surface area contributed by atoms with Crippen LogP contribution in [0.1, 0.15) is 49.1 Å². The number of furan rings is 2. The van der Waals surface area contributed by atoms with E-state index in [1.54, 1.807) is 29.4 Å². The van der Waals surface area contributed by atoms with Gasteiger partial charge in [-0.25, -0.2) is 0 Å². The molecule has 0 atom stereocenters. The highest BCUT2D eigenvalue weighted by Crippen LogP contribution is 2.27. The molecule has 2 heterocycles. The second kappa shape index (κ2) is 9.77. The van der Waals surface area contributed by atoms with Crippen molar-refractivity contribution in [1.29, 1.82) is 0 Å². The maximum absolute atomic E-state index is 13.1. The van der Waals surface area contributed by atoms with Gasteiger partial charge in [0.15, 0.2) is 5.76 Å². The zero-order valence-electron chi connectivity index (χ0n) is 19.3. The summed E-state index contributed by atoms with van der Waals surface area (Å²) in [5.41, 5.74) is 2.44. The molecule has 0 saturated carbocycles. The Kier molecular flexibility index (Phi) is 7.08. The molecule has 7 heteroatoms. The number of carbonyl (C=O) groups excluding carboxylic acids is 2. The first-order valence-electron chi connectivity index (χ1n) is 10.6. The van der Waals surface area contributed by atoms with Crippen LogP contribution in [0.15, 0.2) is 63.8 Å². The maximum atomic E-state index is 13.1. The van der Waals surface area contributed by atoms with E-state index in [1.165, 1.54) is 6.26 Å². The van der Waals surface area contributed by atoms with E-state index in [0.29, 0.717) is 31.0 Å². The Bertz CT molecular complexity index is 1030. The fourth-order valence-electron chi connectivity index (χ4n) is 3.46. The summed E-state index contributed by atoms with van der Waals surface area (Å²) in [4.78, 5) is 29.2. The van der Waals surface area contributed by atoms with Gasteiger partial charge in [0.2, 0.25) is 5.91 Å². The molecule has 7 nitrogen and oxygen atoms in total. The van der Waals surface area contributed by atoms with Crippen LogP contribution in [0.3, 0.4) is 0 Å². The molecule has 0 fully saturated rings. The largest absolute Gasteiger partial charge is 0.467 e. The van der Waals surface area contributed by atoms with Gasteiger partial charge in [-0.05, 0) is 53.4 Å². The van der Waals surface area contributed by atoms with Crippen LogP contribution < -0.4 is 10.2 Å². The molecule has 0 aliphatic rings. The summed E-state index contributed by atoms with van der Waals surface area (Å²) in [7, 11) is 3.89. The molecule has 170 valence electrons. The minimum Gasteiger partial charge on any atom is -0.467 e. The van der Waals surface area contributed by atoms with Gasteiger partial charge in [-0.2, -0.15) is 0 Å². The topological polar surface area (TPSA) is 78.9 Å². The van der Waals surface area contributed by atoms with E-state index in [0.717, 1.165) is 11.3 Å². The Balaban J connectivity index is 1.89. The van der Waals surface area contributed by atoms with Gasteiger partial charge >= 0.3 is 0 Å². The van der Waals surface area contributed by atoms with Crippen LogP contribution in [0.2, 0.25) is 0 Å². The molecule has 0 bridgehead atoms. The highest BCUT2D eigenvalue weighted by atomic mass is 16.3. The van der Waals surface area contributed by atoms with Crippen LogP contribution in [0, 0.1) is 5.41 Å². The van der Waals surface area contributed by atoms with E-state index in [4.69, 9.17) is 8.83 Å². The van der Waals surface area contributed by atoms with Gasteiger partial charge in [0.25, 0.3) is 5.91 Å². The molecule has 0 aliphatic carbocycles. The van der Waals surface area contributed by atoms with Gasteiger partial charge in [-0.1, -0.05) is 20.8 Å². The van der Waals surface area contributed by atoms with Gasteiger partial charge < -0.3 is 24.0 Å². The Morgan fingerprint density at radius 2 is 1.69 bits per heavy atom. The first-order chi connectivity index (χ1) is 15.1. The van der Waals surface area contributed by atoms with E-state index in [-0.39, 0.29) is 23.0 Å². The molecule has 1 N–H and O–H groups in total. The lowest BCUT2D eigenvalue weighted by molar-refractivity contribution is -0.117. The van der Waals surface area contributed by atoms with Crippen LogP contribution in [-0.2, 0) is 17.9 Å². The van der Waals surface area contributed by atoms with Crippen molar-refractivity contribution in [3.05, 3.63) is 72.1 Å². The number of nitrogens with zero attached hydrogens (tertiary/aromatic N) is 2. The molecule has 2 amide bonds. The number of hydrogen-bond donors (Lipinski definition) is 1. The predicted molar refractivity (Wildman–Crippen MR) is 124 cm³/mol. The second-order valence-corrected chi connectivity index (χ2v) is 9.24. The fraction of sp³-hybridized carbons (Fsp3) is 0.360. The van der Waals surface area contributed by atoms with Crippen molar-refractivity contribution < 1.29 is 18.4 Å². The third-order valence-corrected chi connectivity index (χ3v) is 4.84. The Morgan fingerprint density at radius 3 is 2.28 bits per heavy atom.